The van der Waals surface area contributed by atoms with Crippen molar-refractivity contribution < 1.29 is 14.2 Å². The third kappa shape index (κ3) is 1.63. The van der Waals surface area contributed by atoms with E-state index in [1.54, 1.807) is 7.11 Å². The van der Waals surface area contributed by atoms with Gasteiger partial charge >= 0.3 is 0 Å². The Hall–Kier alpha value is -0.120. The number of fused-ring (bicyclic) bond motifs is 3. The van der Waals surface area contributed by atoms with Crippen LogP contribution in [0.4, 0.5) is 0 Å². The van der Waals surface area contributed by atoms with Crippen LogP contribution in [0.25, 0.3) is 0 Å². The van der Waals surface area contributed by atoms with Crippen molar-refractivity contribution in [2.75, 3.05) is 13.7 Å². The standard InChI is InChI=1S/C19H32O3/c1-12-7-8-13-16(2,3)14-9-19(12,13)10-15-18(14,5)22-17(4,21-15)11-20-6/h12-15H,7-11H2,1-6H3/t12-,13+,14-,15+,17-,18-,19-/m1/s1. The minimum absolute atomic E-state index is 0.161. The Bertz CT molecular complexity index is 489. The SMILES string of the molecule is COC[C@]1(C)O[C@H]2C[C@@]34C[C@H](C(C)(C)[C@@H]3CC[C@H]4C)[C@@]2(C)O1. The van der Waals surface area contributed by atoms with Gasteiger partial charge in [0.25, 0.3) is 0 Å². The Labute approximate surface area is 135 Å². The van der Waals surface area contributed by atoms with Crippen molar-refractivity contribution in [1.82, 2.24) is 0 Å². The van der Waals surface area contributed by atoms with Gasteiger partial charge in [-0.15, -0.1) is 0 Å². The first kappa shape index (κ1) is 15.4. The molecule has 3 heteroatoms. The summed E-state index contributed by atoms with van der Waals surface area (Å²) >= 11 is 0. The van der Waals surface area contributed by atoms with Gasteiger partial charge in [0.05, 0.1) is 11.7 Å². The van der Waals surface area contributed by atoms with Crippen LogP contribution < -0.4 is 0 Å². The summed E-state index contributed by atoms with van der Waals surface area (Å²) in [4.78, 5) is 0. The maximum Gasteiger partial charge on any atom is 0.190 e. The van der Waals surface area contributed by atoms with Gasteiger partial charge in [-0.25, -0.2) is 0 Å². The third-order valence-electron chi connectivity index (χ3n) is 8.07. The quantitative estimate of drug-likeness (QED) is 0.771. The summed E-state index contributed by atoms with van der Waals surface area (Å²) in [5.74, 6) is 1.67. The van der Waals surface area contributed by atoms with Crippen LogP contribution >= 0.6 is 0 Å². The van der Waals surface area contributed by atoms with E-state index < -0.39 is 5.79 Å². The number of hydrogen-bond acceptors (Lipinski definition) is 3. The molecule has 0 radical (unpaired) electrons. The molecule has 1 aliphatic heterocycles. The molecule has 1 spiro atoms. The molecule has 0 amide bonds. The van der Waals surface area contributed by atoms with E-state index in [-0.39, 0.29) is 11.7 Å². The third-order valence-corrected chi connectivity index (χ3v) is 8.07. The van der Waals surface area contributed by atoms with Crippen molar-refractivity contribution in [1.29, 1.82) is 0 Å². The molecule has 22 heavy (non-hydrogen) atoms. The Balaban J connectivity index is 1.75. The minimum atomic E-state index is -0.581. The molecule has 0 N–H and O–H groups in total. The predicted octanol–water partition coefficient (Wildman–Crippen LogP) is 4.01. The first-order valence-electron chi connectivity index (χ1n) is 9.05. The zero-order valence-corrected chi connectivity index (χ0v) is 15.1. The highest BCUT2D eigenvalue weighted by Crippen LogP contribution is 2.75. The van der Waals surface area contributed by atoms with Gasteiger partial charge in [-0.1, -0.05) is 20.8 Å². The smallest absolute Gasteiger partial charge is 0.190 e. The fraction of sp³-hybridized carbons (Fsp3) is 1.00. The van der Waals surface area contributed by atoms with Gasteiger partial charge in [0.1, 0.15) is 6.61 Å². The van der Waals surface area contributed by atoms with E-state index in [0.29, 0.717) is 23.4 Å². The molecule has 3 nitrogen and oxygen atoms in total. The fourth-order valence-electron chi connectivity index (χ4n) is 7.23. The van der Waals surface area contributed by atoms with Gasteiger partial charge < -0.3 is 14.2 Å². The number of ether oxygens (including phenoxy) is 3. The molecule has 0 aromatic carbocycles. The Morgan fingerprint density at radius 3 is 2.45 bits per heavy atom. The molecule has 0 unspecified atom stereocenters. The summed E-state index contributed by atoms with van der Waals surface area (Å²) < 4.78 is 18.4. The summed E-state index contributed by atoms with van der Waals surface area (Å²) in [6.45, 7) is 12.3. The molecule has 4 aliphatic rings. The molecule has 7 atom stereocenters. The maximum absolute atomic E-state index is 6.60. The zero-order valence-electron chi connectivity index (χ0n) is 15.1. The number of rotatable bonds is 2. The monoisotopic (exact) mass is 308 g/mol. The van der Waals surface area contributed by atoms with Crippen LogP contribution in [-0.4, -0.2) is 31.2 Å². The van der Waals surface area contributed by atoms with Gasteiger partial charge in [0.15, 0.2) is 5.79 Å². The zero-order chi connectivity index (χ0) is 16.0. The van der Waals surface area contributed by atoms with Crippen molar-refractivity contribution in [3.63, 3.8) is 0 Å². The second-order valence-corrected chi connectivity index (χ2v) is 9.51. The molecule has 1 heterocycles. The minimum Gasteiger partial charge on any atom is -0.379 e. The van der Waals surface area contributed by atoms with E-state index in [0.717, 1.165) is 11.8 Å². The summed E-state index contributed by atoms with van der Waals surface area (Å²) in [6, 6.07) is 0. The van der Waals surface area contributed by atoms with Crippen LogP contribution in [0.5, 0.6) is 0 Å². The van der Waals surface area contributed by atoms with Crippen LogP contribution in [0.1, 0.15) is 60.3 Å². The van der Waals surface area contributed by atoms with Crippen molar-refractivity contribution in [3.05, 3.63) is 0 Å². The molecule has 3 saturated carbocycles. The Kier molecular flexibility index (Phi) is 3.00. The molecule has 4 rings (SSSR count). The molecule has 0 aromatic rings. The second-order valence-electron chi connectivity index (χ2n) is 9.51. The van der Waals surface area contributed by atoms with Crippen LogP contribution in [-0.2, 0) is 14.2 Å². The van der Waals surface area contributed by atoms with E-state index in [1.165, 1.54) is 25.7 Å². The molecular formula is C19H32O3. The Morgan fingerprint density at radius 2 is 1.77 bits per heavy atom. The summed E-state index contributed by atoms with van der Waals surface area (Å²) in [6.07, 6.45) is 5.50. The molecule has 2 bridgehead atoms. The van der Waals surface area contributed by atoms with Crippen LogP contribution in [0.2, 0.25) is 0 Å². The highest BCUT2D eigenvalue weighted by Gasteiger charge is 2.74. The van der Waals surface area contributed by atoms with E-state index >= 15 is 0 Å². The first-order valence-corrected chi connectivity index (χ1v) is 9.05. The van der Waals surface area contributed by atoms with Gasteiger partial charge in [-0.3, -0.25) is 0 Å². The molecule has 0 aromatic heterocycles. The summed E-state index contributed by atoms with van der Waals surface area (Å²) in [5.41, 5.74) is 0.669. The lowest BCUT2D eigenvalue weighted by Crippen LogP contribution is -2.52. The first-order chi connectivity index (χ1) is 10.2. The van der Waals surface area contributed by atoms with Gasteiger partial charge in [0, 0.05) is 7.11 Å². The van der Waals surface area contributed by atoms with E-state index in [9.17, 15) is 0 Å². The normalized spacial score (nSPS) is 58.6. The lowest BCUT2D eigenvalue weighted by atomic mass is 9.63. The summed E-state index contributed by atoms with van der Waals surface area (Å²) in [7, 11) is 1.73. The average Bonchev–Trinajstić information content (AvgIpc) is 2.92. The summed E-state index contributed by atoms with van der Waals surface area (Å²) in [5, 5.41) is 0. The average molecular weight is 308 g/mol. The molecule has 3 aliphatic carbocycles. The van der Waals surface area contributed by atoms with E-state index in [4.69, 9.17) is 14.2 Å². The van der Waals surface area contributed by atoms with Crippen LogP contribution in [0, 0.1) is 28.6 Å². The van der Waals surface area contributed by atoms with E-state index in [1.807, 2.05) is 6.92 Å². The largest absolute Gasteiger partial charge is 0.379 e. The van der Waals surface area contributed by atoms with Gasteiger partial charge in [-0.2, -0.15) is 0 Å². The maximum atomic E-state index is 6.60. The number of methoxy groups -OCH3 is 1. The molecule has 1 saturated heterocycles. The Morgan fingerprint density at radius 1 is 1.05 bits per heavy atom. The lowest BCUT2D eigenvalue weighted by molar-refractivity contribution is -0.212. The second kappa shape index (κ2) is 4.29. The molecular weight excluding hydrogens is 276 g/mol. The van der Waals surface area contributed by atoms with Gasteiger partial charge in [-0.05, 0) is 68.1 Å². The van der Waals surface area contributed by atoms with Crippen LogP contribution in [0.15, 0.2) is 0 Å². The fourth-order valence-corrected chi connectivity index (χ4v) is 7.23. The van der Waals surface area contributed by atoms with Crippen molar-refractivity contribution in [2.45, 2.75) is 77.8 Å². The van der Waals surface area contributed by atoms with E-state index in [2.05, 4.69) is 27.7 Å². The number of hydrogen-bond donors (Lipinski definition) is 0. The van der Waals surface area contributed by atoms with Crippen LogP contribution in [0.3, 0.4) is 0 Å². The molecule has 126 valence electrons. The lowest BCUT2D eigenvalue weighted by Gasteiger charge is -2.47. The highest BCUT2D eigenvalue weighted by atomic mass is 16.8. The van der Waals surface area contributed by atoms with Gasteiger partial charge in [0.2, 0.25) is 0 Å². The predicted molar refractivity (Wildman–Crippen MR) is 85.5 cm³/mol. The van der Waals surface area contributed by atoms with Crippen molar-refractivity contribution in [2.24, 2.45) is 28.6 Å². The van der Waals surface area contributed by atoms with Crippen molar-refractivity contribution in [3.8, 4) is 0 Å². The molecule has 4 fully saturated rings. The highest BCUT2D eigenvalue weighted by molar-refractivity contribution is 5.21. The topological polar surface area (TPSA) is 27.7 Å². The van der Waals surface area contributed by atoms with Crippen molar-refractivity contribution >= 4 is 0 Å².